The highest BCUT2D eigenvalue weighted by molar-refractivity contribution is 5.88. The van der Waals surface area contributed by atoms with Gasteiger partial charge in [-0.1, -0.05) is 5.16 Å². The van der Waals surface area contributed by atoms with Crippen LogP contribution in [0, 0.1) is 20.8 Å². The van der Waals surface area contributed by atoms with E-state index in [1.807, 2.05) is 0 Å². The van der Waals surface area contributed by atoms with Gasteiger partial charge in [-0.05, 0) is 32.4 Å². The summed E-state index contributed by atoms with van der Waals surface area (Å²) in [4.78, 5) is 27.3. The summed E-state index contributed by atoms with van der Waals surface area (Å²) in [5.41, 5.74) is 0.277. The first-order valence-electron chi connectivity index (χ1n) is 5.63. The molecule has 7 heteroatoms. The van der Waals surface area contributed by atoms with E-state index in [4.69, 9.17) is 9.63 Å². The fourth-order valence-electron chi connectivity index (χ4n) is 1.92. The molecule has 0 saturated heterocycles. The molecule has 0 saturated carbocycles. The Labute approximate surface area is 108 Å². The molecule has 0 unspecified atom stereocenters. The van der Waals surface area contributed by atoms with Crippen molar-refractivity contribution in [1.29, 1.82) is 0 Å². The summed E-state index contributed by atoms with van der Waals surface area (Å²) in [5.74, 6) is -0.507. The highest BCUT2D eigenvalue weighted by atomic mass is 16.5. The highest BCUT2D eigenvalue weighted by Crippen LogP contribution is 2.08. The van der Waals surface area contributed by atoms with Crippen LogP contribution in [0.15, 0.2) is 15.4 Å². The van der Waals surface area contributed by atoms with Crippen LogP contribution in [0.4, 0.5) is 0 Å². The average Bonchev–Trinajstić information content (AvgIpc) is 2.69. The Morgan fingerprint density at radius 1 is 1.42 bits per heavy atom. The lowest BCUT2D eigenvalue weighted by atomic mass is 10.1. The molecule has 2 aromatic heterocycles. The van der Waals surface area contributed by atoms with Crippen molar-refractivity contribution in [3.63, 3.8) is 0 Å². The van der Waals surface area contributed by atoms with E-state index in [1.165, 1.54) is 4.57 Å². The third-order valence-electron chi connectivity index (χ3n) is 2.78. The molecule has 0 bridgehead atoms. The monoisotopic (exact) mass is 263 g/mol. The van der Waals surface area contributed by atoms with Crippen molar-refractivity contribution in [2.75, 3.05) is 0 Å². The summed E-state index contributed by atoms with van der Waals surface area (Å²) in [6.07, 6.45) is 0. The second-order valence-electron chi connectivity index (χ2n) is 4.28. The minimum absolute atomic E-state index is 0.0616. The van der Waals surface area contributed by atoms with Gasteiger partial charge in [-0.2, -0.15) is 4.98 Å². The van der Waals surface area contributed by atoms with E-state index < -0.39 is 11.5 Å². The third kappa shape index (κ3) is 2.40. The first kappa shape index (κ1) is 13.0. The molecular formula is C12H13N3O4. The van der Waals surface area contributed by atoms with E-state index in [-0.39, 0.29) is 18.0 Å². The predicted molar refractivity (Wildman–Crippen MR) is 65.3 cm³/mol. The van der Waals surface area contributed by atoms with Crippen molar-refractivity contribution in [3.8, 4) is 0 Å². The number of carboxylic acid groups (broad SMARTS) is 1. The van der Waals surface area contributed by atoms with Crippen LogP contribution >= 0.6 is 0 Å². The fraction of sp³-hybridized carbons (Fsp3) is 0.333. The molecule has 0 aliphatic rings. The van der Waals surface area contributed by atoms with Gasteiger partial charge < -0.3 is 14.2 Å². The van der Waals surface area contributed by atoms with Crippen molar-refractivity contribution in [2.24, 2.45) is 0 Å². The van der Waals surface area contributed by atoms with Crippen molar-refractivity contribution in [2.45, 2.75) is 27.3 Å². The normalized spacial score (nSPS) is 10.7. The lowest BCUT2D eigenvalue weighted by molar-refractivity contribution is 0.0693. The smallest absolute Gasteiger partial charge is 0.341 e. The Hall–Kier alpha value is -2.44. The quantitative estimate of drug-likeness (QED) is 0.883. The van der Waals surface area contributed by atoms with E-state index in [1.54, 1.807) is 26.8 Å². The molecule has 0 aliphatic heterocycles. The minimum Gasteiger partial charge on any atom is -0.477 e. The molecule has 100 valence electrons. The lowest BCUT2D eigenvalue weighted by Crippen LogP contribution is -2.29. The van der Waals surface area contributed by atoms with Crippen LogP contribution in [0.1, 0.15) is 33.3 Å². The number of carboxylic acids is 1. The molecular weight excluding hydrogens is 250 g/mol. The van der Waals surface area contributed by atoms with Crippen molar-refractivity contribution in [3.05, 3.63) is 45.0 Å². The number of nitrogens with zero attached hydrogens (tertiary/aromatic N) is 3. The van der Waals surface area contributed by atoms with Gasteiger partial charge >= 0.3 is 5.97 Å². The Balaban J connectivity index is 2.54. The molecule has 2 heterocycles. The molecule has 0 radical (unpaired) electrons. The second kappa shape index (κ2) is 4.68. The Morgan fingerprint density at radius 3 is 2.63 bits per heavy atom. The zero-order chi connectivity index (χ0) is 14.2. The van der Waals surface area contributed by atoms with Crippen LogP contribution in [-0.4, -0.2) is 25.8 Å². The van der Waals surface area contributed by atoms with Gasteiger partial charge in [0.05, 0.1) is 0 Å². The van der Waals surface area contributed by atoms with Gasteiger partial charge in [0.2, 0.25) is 5.89 Å². The minimum atomic E-state index is -1.24. The van der Waals surface area contributed by atoms with E-state index in [0.717, 1.165) is 0 Å². The van der Waals surface area contributed by atoms with E-state index >= 15 is 0 Å². The van der Waals surface area contributed by atoms with Gasteiger partial charge in [0.15, 0.2) is 5.82 Å². The van der Waals surface area contributed by atoms with E-state index in [9.17, 15) is 9.59 Å². The zero-order valence-corrected chi connectivity index (χ0v) is 10.8. The molecule has 2 aromatic rings. The van der Waals surface area contributed by atoms with Gasteiger partial charge in [0, 0.05) is 5.69 Å². The molecule has 0 aliphatic carbocycles. The van der Waals surface area contributed by atoms with Crippen molar-refractivity contribution in [1.82, 2.24) is 14.7 Å². The summed E-state index contributed by atoms with van der Waals surface area (Å²) in [6, 6.07) is 1.65. The standard InChI is InChI=1S/C12H13N3O4/c1-6-4-7(2)15(11(16)10(6)12(17)18)5-9-13-8(3)14-19-9/h4H,5H2,1-3H3,(H,17,18). The maximum absolute atomic E-state index is 12.2. The number of hydrogen-bond donors (Lipinski definition) is 1. The number of pyridine rings is 1. The van der Waals surface area contributed by atoms with Gasteiger partial charge in [0.25, 0.3) is 5.56 Å². The van der Waals surface area contributed by atoms with Crippen LogP contribution in [0.5, 0.6) is 0 Å². The summed E-state index contributed by atoms with van der Waals surface area (Å²) in [6.45, 7) is 5.05. The van der Waals surface area contributed by atoms with Gasteiger partial charge in [0.1, 0.15) is 12.1 Å². The SMILES string of the molecule is Cc1noc(Cn2c(C)cc(C)c(C(=O)O)c2=O)n1. The predicted octanol–water partition coefficient (Wildman–Crippen LogP) is 0.903. The zero-order valence-electron chi connectivity index (χ0n) is 10.8. The maximum Gasteiger partial charge on any atom is 0.341 e. The third-order valence-corrected chi connectivity index (χ3v) is 2.78. The van der Waals surface area contributed by atoms with Crippen molar-refractivity contribution >= 4 is 5.97 Å². The number of aromatic nitrogens is 3. The maximum atomic E-state index is 12.2. The molecule has 0 spiro atoms. The van der Waals surface area contributed by atoms with Gasteiger partial charge in [-0.25, -0.2) is 4.79 Å². The Kier molecular flexibility index (Phi) is 3.20. The first-order valence-corrected chi connectivity index (χ1v) is 5.63. The van der Waals surface area contributed by atoms with Crippen LogP contribution in [0.25, 0.3) is 0 Å². The van der Waals surface area contributed by atoms with Gasteiger partial charge in [-0.15, -0.1) is 0 Å². The van der Waals surface area contributed by atoms with Crippen molar-refractivity contribution < 1.29 is 14.4 Å². The molecule has 0 fully saturated rings. The van der Waals surface area contributed by atoms with Crippen LogP contribution in [0.3, 0.4) is 0 Å². The second-order valence-corrected chi connectivity index (χ2v) is 4.28. The Bertz CT molecular complexity index is 699. The molecule has 1 N–H and O–H groups in total. The summed E-state index contributed by atoms with van der Waals surface area (Å²) in [5, 5.41) is 12.7. The van der Waals surface area contributed by atoms with Crippen LogP contribution in [0.2, 0.25) is 0 Å². The van der Waals surface area contributed by atoms with Crippen LogP contribution in [-0.2, 0) is 6.54 Å². The summed E-state index contributed by atoms with van der Waals surface area (Å²) >= 11 is 0. The number of rotatable bonds is 3. The van der Waals surface area contributed by atoms with E-state index in [2.05, 4.69) is 10.1 Å². The number of aryl methyl sites for hydroxylation is 3. The van der Waals surface area contributed by atoms with E-state index in [0.29, 0.717) is 17.1 Å². The van der Waals surface area contributed by atoms with Gasteiger partial charge in [-0.3, -0.25) is 4.79 Å². The lowest BCUT2D eigenvalue weighted by Gasteiger charge is -2.10. The number of carbonyl (C=O) groups is 1. The number of hydrogen-bond acceptors (Lipinski definition) is 5. The molecule has 7 nitrogen and oxygen atoms in total. The topological polar surface area (TPSA) is 98.2 Å². The number of aromatic carboxylic acids is 1. The molecule has 0 amide bonds. The summed E-state index contributed by atoms with van der Waals surface area (Å²) in [7, 11) is 0. The molecule has 0 aromatic carbocycles. The largest absolute Gasteiger partial charge is 0.477 e. The Morgan fingerprint density at radius 2 is 2.11 bits per heavy atom. The molecule has 2 rings (SSSR count). The fourth-order valence-corrected chi connectivity index (χ4v) is 1.92. The first-order chi connectivity index (χ1) is 8.90. The average molecular weight is 263 g/mol. The molecule has 0 atom stereocenters. The highest BCUT2D eigenvalue weighted by Gasteiger charge is 2.17. The summed E-state index contributed by atoms with van der Waals surface area (Å²) < 4.78 is 6.25. The van der Waals surface area contributed by atoms with Crippen LogP contribution < -0.4 is 5.56 Å². The molecule has 19 heavy (non-hydrogen) atoms.